The van der Waals surface area contributed by atoms with Crippen LogP contribution in [0.5, 0.6) is 0 Å². The molecule has 0 heterocycles. The van der Waals surface area contributed by atoms with E-state index in [1.165, 1.54) is 20.0 Å². The molecule has 0 amide bonds. The van der Waals surface area contributed by atoms with Crippen molar-refractivity contribution in [3.63, 3.8) is 0 Å². The number of nitro groups is 1. The molecule has 0 spiro atoms. The SMILES string of the molecule is CC=O.CNc1cc(S(=O)(=O)O)c2cc([N+](=O)[O-])cc(S(=O)(=O)O)c2c1. The minimum Gasteiger partial charge on any atom is -0.388 e. The van der Waals surface area contributed by atoms with Crippen LogP contribution < -0.4 is 5.32 Å². The number of nitrogens with zero attached hydrogens (tertiary/aromatic N) is 1. The number of hydrogen-bond acceptors (Lipinski definition) is 8. The van der Waals surface area contributed by atoms with Gasteiger partial charge in [0.1, 0.15) is 16.1 Å². The number of rotatable bonds is 4. The van der Waals surface area contributed by atoms with Crippen molar-refractivity contribution in [2.24, 2.45) is 0 Å². The largest absolute Gasteiger partial charge is 0.388 e. The van der Waals surface area contributed by atoms with Gasteiger partial charge in [0.05, 0.1) is 4.92 Å². The molecular weight excluding hydrogens is 392 g/mol. The number of nitrogens with one attached hydrogen (secondary N) is 1. The minimum absolute atomic E-state index is 0.115. The third-order valence-electron chi connectivity index (χ3n) is 3.03. The summed E-state index contributed by atoms with van der Waals surface area (Å²) in [6.07, 6.45) is 0.750. The standard InChI is InChI=1S/C11H10N2O8S2.C2H4O/c1-12-6-2-8-9(10(3-6)22(16,17)18)4-7(13(14)15)5-11(8)23(19,20)21;1-2-3/h2-5,12H,1H3,(H,16,17,18)(H,19,20,21);2H,1H3. The Morgan fingerprint density at radius 1 is 1.00 bits per heavy atom. The number of nitro benzene ring substituents is 1. The van der Waals surface area contributed by atoms with Gasteiger partial charge >= 0.3 is 0 Å². The number of aldehydes is 1. The van der Waals surface area contributed by atoms with Crippen LogP contribution in [0.4, 0.5) is 11.4 Å². The minimum atomic E-state index is -4.88. The van der Waals surface area contributed by atoms with Crippen LogP contribution in [0.1, 0.15) is 6.92 Å². The lowest BCUT2D eigenvalue weighted by Gasteiger charge is -2.10. The normalized spacial score (nSPS) is 11.4. The Bertz CT molecular complexity index is 1080. The van der Waals surface area contributed by atoms with E-state index in [1.54, 1.807) is 0 Å². The molecule has 2 rings (SSSR count). The number of non-ortho nitro benzene ring substituents is 1. The van der Waals surface area contributed by atoms with Crippen molar-refractivity contribution in [1.29, 1.82) is 0 Å². The highest BCUT2D eigenvalue weighted by Gasteiger charge is 2.25. The van der Waals surface area contributed by atoms with Crippen molar-refractivity contribution in [3.05, 3.63) is 34.4 Å². The van der Waals surface area contributed by atoms with E-state index < -0.39 is 46.0 Å². The maximum absolute atomic E-state index is 11.5. The lowest BCUT2D eigenvalue weighted by molar-refractivity contribution is -0.384. The molecule has 0 atom stereocenters. The molecule has 0 fully saturated rings. The fourth-order valence-corrected chi connectivity index (χ4v) is 3.50. The van der Waals surface area contributed by atoms with E-state index >= 15 is 0 Å². The van der Waals surface area contributed by atoms with E-state index in [2.05, 4.69) is 5.32 Å². The molecule has 0 saturated carbocycles. The van der Waals surface area contributed by atoms with Crippen LogP contribution in [0.2, 0.25) is 0 Å². The second kappa shape index (κ2) is 7.74. The van der Waals surface area contributed by atoms with Gasteiger partial charge in [-0.2, -0.15) is 16.8 Å². The third kappa shape index (κ3) is 4.72. The molecule has 2 aromatic rings. The average Bonchev–Trinajstić information content (AvgIpc) is 2.51. The summed E-state index contributed by atoms with van der Waals surface area (Å²) in [6.45, 7) is 1.44. The van der Waals surface area contributed by atoms with Crippen LogP contribution in [0.3, 0.4) is 0 Å². The summed E-state index contributed by atoms with van der Waals surface area (Å²) in [5.41, 5.74) is -0.642. The Kier molecular flexibility index (Phi) is 6.38. The molecule has 0 unspecified atom stereocenters. The monoisotopic (exact) mass is 406 g/mol. The van der Waals surface area contributed by atoms with Crippen molar-refractivity contribution in [3.8, 4) is 0 Å². The summed E-state index contributed by atoms with van der Waals surface area (Å²) in [6, 6.07) is 3.56. The summed E-state index contributed by atoms with van der Waals surface area (Å²) >= 11 is 0. The summed E-state index contributed by atoms with van der Waals surface area (Å²) in [7, 11) is -8.28. The first-order valence-corrected chi connectivity index (χ1v) is 9.53. The zero-order valence-corrected chi connectivity index (χ0v) is 15.0. The first-order valence-electron chi connectivity index (χ1n) is 6.65. The third-order valence-corrected chi connectivity index (χ3v) is 4.82. The summed E-state index contributed by atoms with van der Waals surface area (Å²) in [4.78, 5) is 17.2. The predicted octanol–water partition coefficient (Wildman–Crippen LogP) is 1.49. The Labute approximate surface area is 148 Å². The van der Waals surface area contributed by atoms with Crippen LogP contribution in [-0.4, -0.2) is 44.2 Å². The van der Waals surface area contributed by atoms with Crippen LogP contribution in [0.25, 0.3) is 10.8 Å². The van der Waals surface area contributed by atoms with Crippen LogP contribution in [-0.2, 0) is 25.0 Å². The predicted molar refractivity (Wildman–Crippen MR) is 91.5 cm³/mol. The van der Waals surface area contributed by atoms with Crippen LogP contribution in [0.15, 0.2) is 34.1 Å². The quantitative estimate of drug-likeness (QED) is 0.291. The van der Waals surface area contributed by atoms with Crippen molar-refractivity contribution in [2.45, 2.75) is 16.7 Å². The second-order valence-electron chi connectivity index (χ2n) is 4.71. The number of benzene rings is 2. The highest BCUT2D eigenvalue weighted by molar-refractivity contribution is 7.86. The van der Waals surface area contributed by atoms with Gasteiger partial charge in [-0.1, -0.05) is 0 Å². The van der Waals surface area contributed by atoms with Gasteiger partial charge in [0.15, 0.2) is 0 Å². The second-order valence-corrected chi connectivity index (χ2v) is 7.49. The number of carbonyl (C=O) groups is 1. The highest BCUT2D eigenvalue weighted by Crippen LogP contribution is 2.35. The summed E-state index contributed by atoms with van der Waals surface area (Å²) in [5.74, 6) is 0. The van der Waals surface area contributed by atoms with Crippen LogP contribution in [0, 0.1) is 10.1 Å². The molecule has 0 aliphatic carbocycles. The maximum atomic E-state index is 11.5. The topological polar surface area (TPSA) is 181 Å². The van der Waals surface area contributed by atoms with Gasteiger partial charge in [-0.15, -0.1) is 0 Å². The van der Waals surface area contributed by atoms with Crippen LogP contribution >= 0.6 is 0 Å². The van der Waals surface area contributed by atoms with Gasteiger partial charge in [-0.05, 0) is 19.1 Å². The first-order chi connectivity index (χ1) is 11.9. The zero-order chi connectivity index (χ0) is 20.3. The van der Waals surface area contributed by atoms with E-state index in [1.807, 2.05) is 0 Å². The Balaban J connectivity index is 0.00000105. The van der Waals surface area contributed by atoms with E-state index in [9.17, 15) is 36.1 Å². The Morgan fingerprint density at radius 2 is 1.42 bits per heavy atom. The number of anilines is 1. The molecule has 0 saturated heterocycles. The smallest absolute Gasteiger partial charge is 0.295 e. The summed E-state index contributed by atoms with van der Waals surface area (Å²) < 4.78 is 64.5. The van der Waals surface area contributed by atoms with E-state index in [4.69, 9.17) is 4.79 Å². The Morgan fingerprint density at radius 3 is 1.81 bits per heavy atom. The van der Waals surface area contributed by atoms with Crippen molar-refractivity contribution >= 4 is 48.7 Å². The molecule has 2 aromatic carbocycles. The maximum Gasteiger partial charge on any atom is 0.295 e. The van der Waals surface area contributed by atoms with Gasteiger partial charge in [-0.25, -0.2) is 0 Å². The van der Waals surface area contributed by atoms with E-state index in [0.717, 1.165) is 18.4 Å². The molecule has 0 radical (unpaired) electrons. The van der Waals surface area contributed by atoms with Gasteiger partial charge < -0.3 is 10.1 Å². The van der Waals surface area contributed by atoms with Crippen molar-refractivity contribution in [2.75, 3.05) is 12.4 Å². The van der Waals surface area contributed by atoms with Gasteiger partial charge in [0, 0.05) is 35.6 Å². The molecule has 3 N–H and O–H groups in total. The first kappa shape index (κ1) is 21.4. The molecule has 0 aliphatic heterocycles. The van der Waals surface area contributed by atoms with Crippen molar-refractivity contribution in [1.82, 2.24) is 0 Å². The van der Waals surface area contributed by atoms with Gasteiger partial charge in [0.25, 0.3) is 25.9 Å². The van der Waals surface area contributed by atoms with Crippen molar-refractivity contribution < 1.29 is 35.7 Å². The molecule has 13 heteroatoms. The average molecular weight is 406 g/mol. The number of hydrogen-bond donors (Lipinski definition) is 3. The molecule has 0 aromatic heterocycles. The fourth-order valence-electron chi connectivity index (χ4n) is 2.06. The summed E-state index contributed by atoms with van der Waals surface area (Å²) in [5, 5.41) is 12.8. The lowest BCUT2D eigenvalue weighted by Crippen LogP contribution is -2.05. The lowest BCUT2D eigenvalue weighted by atomic mass is 10.1. The van der Waals surface area contributed by atoms with E-state index in [0.29, 0.717) is 6.07 Å². The van der Waals surface area contributed by atoms with Gasteiger partial charge in [-0.3, -0.25) is 19.2 Å². The molecule has 0 bridgehead atoms. The number of carbonyl (C=O) groups excluding carboxylic acids is 1. The highest BCUT2D eigenvalue weighted by atomic mass is 32.2. The molecule has 142 valence electrons. The zero-order valence-electron chi connectivity index (χ0n) is 13.4. The van der Waals surface area contributed by atoms with Gasteiger partial charge in [0.2, 0.25) is 0 Å². The Hall–Kier alpha value is -2.61. The molecule has 0 aliphatic rings. The van der Waals surface area contributed by atoms with E-state index in [-0.39, 0.29) is 11.1 Å². The molecule has 11 nitrogen and oxygen atoms in total. The fraction of sp³-hybridized carbons (Fsp3) is 0.154. The molecular formula is C13H14N2O9S2. The number of fused-ring (bicyclic) bond motifs is 1. The molecule has 26 heavy (non-hydrogen) atoms.